The zero-order chi connectivity index (χ0) is 20.7. The van der Waals surface area contributed by atoms with Gasteiger partial charge in [-0.25, -0.2) is 18.5 Å². The minimum absolute atomic E-state index is 0.00510. The van der Waals surface area contributed by atoms with Crippen LogP contribution in [0.4, 0.5) is 0 Å². The van der Waals surface area contributed by atoms with Crippen molar-refractivity contribution in [2.24, 2.45) is 10.1 Å². The molecule has 27 heavy (non-hydrogen) atoms. The second-order valence-electron chi connectivity index (χ2n) is 6.81. The molecule has 4 N–H and O–H groups in total. The van der Waals surface area contributed by atoms with Crippen molar-refractivity contribution < 1.29 is 13.2 Å². The fraction of sp³-hybridized carbons (Fsp3) is 0.529. The van der Waals surface area contributed by atoms with Crippen molar-refractivity contribution in [3.8, 4) is 0 Å². The summed E-state index contributed by atoms with van der Waals surface area (Å²) < 4.78 is 22.6. The Morgan fingerprint density at radius 3 is 2.30 bits per heavy atom. The first-order valence-electron chi connectivity index (χ1n) is 8.34. The van der Waals surface area contributed by atoms with E-state index in [0.29, 0.717) is 19.0 Å². The number of hydrogen-bond donors (Lipinski definition) is 3. The minimum Gasteiger partial charge on any atom is -0.355 e. The number of rotatable bonds is 8. The highest BCUT2D eigenvalue weighted by Gasteiger charge is 2.16. The molecule has 1 rings (SSSR count). The highest BCUT2D eigenvalue weighted by Crippen LogP contribution is 2.19. The van der Waals surface area contributed by atoms with Gasteiger partial charge in [0.15, 0.2) is 5.96 Å². The highest BCUT2D eigenvalue weighted by atomic mass is 32.2. The van der Waals surface area contributed by atoms with Gasteiger partial charge in [-0.15, -0.1) is 0 Å². The van der Waals surface area contributed by atoms with E-state index in [1.54, 1.807) is 38.0 Å². The molecule has 152 valence electrons. The molecule has 1 amide bonds. The molecule has 0 unspecified atom stereocenters. The number of primary sulfonamides is 1. The number of carbonyl (C=O) groups is 1. The Bertz CT molecular complexity index is 759. The second-order valence-corrected chi connectivity index (χ2v) is 9.89. The van der Waals surface area contributed by atoms with Gasteiger partial charge in [-0.3, -0.25) is 4.79 Å². The number of nitrogens with two attached hydrogens (primary N) is 1. The zero-order valence-electron chi connectivity index (χ0n) is 16.4. The first-order chi connectivity index (χ1) is 12.4. The number of aliphatic imine (C=N–C) groups is 1. The van der Waals surface area contributed by atoms with E-state index in [0.717, 1.165) is 5.56 Å². The summed E-state index contributed by atoms with van der Waals surface area (Å²) in [5, 5.41) is 11.4. The van der Waals surface area contributed by atoms with E-state index < -0.39 is 10.0 Å². The van der Waals surface area contributed by atoms with Gasteiger partial charge in [0.25, 0.3) is 0 Å². The van der Waals surface area contributed by atoms with Crippen LogP contribution in [0.2, 0.25) is 0 Å². The van der Waals surface area contributed by atoms with Crippen molar-refractivity contribution in [1.82, 2.24) is 15.5 Å². The molecule has 0 saturated heterocycles. The smallest absolute Gasteiger partial charge is 0.241 e. The summed E-state index contributed by atoms with van der Waals surface area (Å²) in [5.41, 5.74) is 0.826. The minimum atomic E-state index is -3.71. The van der Waals surface area contributed by atoms with Crippen LogP contribution in [-0.2, 0) is 21.4 Å². The molecule has 0 saturated carbocycles. The first kappa shape index (κ1) is 23.3. The predicted molar refractivity (Wildman–Crippen MR) is 111 cm³/mol. The monoisotopic (exact) mass is 415 g/mol. The maximum absolute atomic E-state index is 11.8. The first-order valence-corrected chi connectivity index (χ1v) is 11.1. The molecule has 8 nitrogen and oxygen atoms in total. The fourth-order valence-corrected chi connectivity index (χ4v) is 2.55. The number of hydrogen-bond acceptors (Lipinski definition) is 5. The summed E-state index contributed by atoms with van der Waals surface area (Å²) in [6.07, 6.45) is 2.04. The third-order valence-corrected chi connectivity index (χ3v) is 5.99. The van der Waals surface area contributed by atoms with Crippen molar-refractivity contribution in [3.63, 3.8) is 0 Å². The molecule has 0 spiro atoms. The van der Waals surface area contributed by atoms with Crippen molar-refractivity contribution >= 4 is 33.7 Å². The quantitative estimate of drug-likeness (QED) is 0.423. The second kappa shape index (κ2) is 9.95. The van der Waals surface area contributed by atoms with Gasteiger partial charge < -0.3 is 15.5 Å². The Morgan fingerprint density at radius 1 is 1.22 bits per heavy atom. The number of guanidine groups is 1. The lowest BCUT2D eigenvalue weighted by Gasteiger charge is -2.24. The molecule has 0 aromatic heterocycles. The van der Waals surface area contributed by atoms with E-state index in [9.17, 15) is 13.2 Å². The SMILES string of the molecule is CSC(C)(C)CNC(=NCc1ccc(S(N)(=O)=O)cc1)NCC(=O)N(C)C. The van der Waals surface area contributed by atoms with Crippen molar-refractivity contribution in [2.75, 3.05) is 33.4 Å². The van der Waals surface area contributed by atoms with Crippen LogP contribution in [0, 0.1) is 0 Å². The molecule has 0 fully saturated rings. The lowest BCUT2D eigenvalue weighted by molar-refractivity contribution is -0.127. The largest absolute Gasteiger partial charge is 0.355 e. The molecule has 0 heterocycles. The molecule has 0 aliphatic heterocycles. The van der Waals surface area contributed by atoms with Crippen molar-refractivity contribution in [3.05, 3.63) is 29.8 Å². The molecule has 1 aromatic rings. The van der Waals surface area contributed by atoms with Gasteiger partial charge in [-0.2, -0.15) is 11.8 Å². The molecule has 10 heteroatoms. The Labute approximate surface area is 166 Å². The van der Waals surface area contributed by atoms with Crippen LogP contribution >= 0.6 is 11.8 Å². The van der Waals surface area contributed by atoms with Gasteiger partial charge in [0.2, 0.25) is 15.9 Å². The number of amides is 1. The van der Waals surface area contributed by atoms with E-state index in [-0.39, 0.29) is 22.1 Å². The zero-order valence-corrected chi connectivity index (χ0v) is 18.1. The normalized spacial score (nSPS) is 12.6. The summed E-state index contributed by atoms with van der Waals surface area (Å²) in [5.74, 6) is 0.453. The predicted octanol–water partition coefficient (Wildman–Crippen LogP) is 0.599. The Hall–Kier alpha value is -1.78. The van der Waals surface area contributed by atoms with E-state index in [4.69, 9.17) is 5.14 Å². The molecule has 1 aromatic carbocycles. The van der Waals surface area contributed by atoms with E-state index in [2.05, 4.69) is 29.5 Å². The fourth-order valence-electron chi connectivity index (χ4n) is 1.82. The number of carbonyl (C=O) groups excluding carboxylic acids is 1. The van der Waals surface area contributed by atoms with Crippen LogP contribution in [0.15, 0.2) is 34.2 Å². The van der Waals surface area contributed by atoms with Gasteiger partial charge in [-0.05, 0) is 37.8 Å². The average molecular weight is 416 g/mol. The summed E-state index contributed by atoms with van der Waals surface area (Å²) in [6.45, 7) is 5.35. The maximum atomic E-state index is 11.8. The third-order valence-electron chi connectivity index (χ3n) is 3.81. The van der Waals surface area contributed by atoms with Crippen molar-refractivity contribution in [1.29, 1.82) is 0 Å². The lowest BCUT2D eigenvalue weighted by Crippen LogP contribution is -2.46. The number of benzene rings is 1. The molecule has 0 bridgehead atoms. The third kappa shape index (κ3) is 8.63. The Kier molecular flexibility index (Phi) is 8.58. The van der Waals surface area contributed by atoms with E-state index >= 15 is 0 Å². The van der Waals surface area contributed by atoms with Gasteiger partial charge >= 0.3 is 0 Å². The van der Waals surface area contributed by atoms with Crippen LogP contribution < -0.4 is 15.8 Å². The van der Waals surface area contributed by atoms with E-state index in [1.165, 1.54) is 17.0 Å². The molecule has 0 aliphatic rings. The van der Waals surface area contributed by atoms with Gasteiger partial charge in [0.1, 0.15) is 0 Å². The Morgan fingerprint density at radius 2 is 1.81 bits per heavy atom. The van der Waals surface area contributed by atoms with Crippen LogP contribution in [-0.4, -0.2) is 63.4 Å². The van der Waals surface area contributed by atoms with Gasteiger partial charge in [-0.1, -0.05) is 12.1 Å². The van der Waals surface area contributed by atoms with Gasteiger partial charge in [0.05, 0.1) is 18.0 Å². The van der Waals surface area contributed by atoms with Crippen molar-refractivity contribution in [2.45, 2.75) is 30.0 Å². The van der Waals surface area contributed by atoms with Crippen LogP contribution in [0.25, 0.3) is 0 Å². The number of sulfonamides is 1. The molecule has 0 radical (unpaired) electrons. The lowest BCUT2D eigenvalue weighted by atomic mass is 10.2. The van der Waals surface area contributed by atoms with Crippen LogP contribution in [0.3, 0.4) is 0 Å². The standard InChI is InChI=1S/C17H29N5O3S2/c1-17(2,26-5)12-21-16(20-11-15(23)22(3)4)19-10-13-6-8-14(9-7-13)27(18,24)25/h6-9H,10-12H2,1-5H3,(H2,18,24,25)(H2,19,20,21). The molecular weight excluding hydrogens is 386 g/mol. The van der Waals surface area contributed by atoms with Gasteiger partial charge in [0, 0.05) is 25.4 Å². The molecular formula is C17H29N5O3S2. The van der Waals surface area contributed by atoms with E-state index in [1.807, 2.05) is 6.26 Å². The summed E-state index contributed by atoms with van der Waals surface area (Å²) in [6, 6.07) is 6.23. The summed E-state index contributed by atoms with van der Waals surface area (Å²) in [7, 11) is -0.325. The molecule has 0 atom stereocenters. The Balaban J connectivity index is 2.84. The van der Waals surface area contributed by atoms with Crippen LogP contribution in [0.1, 0.15) is 19.4 Å². The summed E-state index contributed by atoms with van der Waals surface area (Å²) >= 11 is 1.73. The maximum Gasteiger partial charge on any atom is 0.241 e. The highest BCUT2D eigenvalue weighted by molar-refractivity contribution is 7.99. The number of nitrogens with one attached hydrogen (secondary N) is 2. The van der Waals surface area contributed by atoms with Crippen LogP contribution in [0.5, 0.6) is 0 Å². The number of thioether (sulfide) groups is 1. The molecule has 0 aliphatic carbocycles. The number of nitrogens with zero attached hydrogens (tertiary/aromatic N) is 2. The number of likely N-dealkylation sites (N-methyl/N-ethyl adjacent to an activating group) is 1. The average Bonchev–Trinajstić information content (AvgIpc) is 2.60. The topological polar surface area (TPSA) is 117 Å². The summed E-state index contributed by atoms with van der Waals surface area (Å²) in [4.78, 5) is 17.9.